The van der Waals surface area contributed by atoms with Crippen LogP contribution in [0.2, 0.25) is 0 Å². The standard InChI is InChI=1S/C15H23NO3/c17-13(12-9-10-4-5-11(12)8-10)16-15(14(18)19)6-2-1-3-7-15/h10-12H,1-9H2,(H,16,17)(H,18,19). The quantitative estimate of drug-likeness (QED) is 0.823. The Labute approximate surface area is 113 Å². The summed E-state index contributed by atoms with van der Waals surface area (Å²) < 4.78 is 0. The average Bonchev–Trinajstić information content (AvgIpc) is 3.02. The van der Waals surface area contributed by atoms with Crippen LogP contribution in [-0.4, -0.2) is 22.5 Å². The third-order valence-electron chi connectivity index (χ3n) is 5.55. The SMILES string of the molecule is O=C(NC1(C(=O)O)CCCCC1)C1CC2CCC1C2. The molecule has 3 aliphatic rings. The van der Waals surface area contributed by atoms with E-state index >= 15 is 0 Å². The molecule has 0 radical (unpaired) electrons. The lowest BCUT2D eigenvalue weighted by Crippen LogP contribution is -2.57. The van der Waals surface area contributed by atoms with Crippen molar-refractivity contribution in [1.29, 1.82) is 0 Å². The molecule has 19 heavy (non-hydrogen) atoms. The number of fused-ring (bicyclic) bond motifs is 2. The van der Waals surface area contributed by atoms with Gasteiger partial charge in [-0.05, 0) is 43.9 Å². The average molecular weight is 265 g/mol. The molecule has 0 heterocycles. The van der Waals surface area contributed by atoms with Crippen LogP contribution >= 0.6 is 0 Å². The summed E-state index contributed by atoms with van der Waals surface area (Å²) in [7, 11) is 0. The molecule has 106 valence electrons. The number of nitrogens with one attached hydrogen (secondary N) is 1. The molecule has 1 amide bonds. The van der Waals surface area contributed by atoms with Crippen LogP contribution < -0.4 is 5.32 Å². The molecule has 3 atom stereocenters. The van der Waals surface area contributed by atoms with Crippen LogP contribution in [0, 0.1) is 17.8 Å². The fourth-order valence-corrected chi connectivity index (χ4v) is 4.44. The number of carbonyl (C=O) groups is 2. The summed E-state index contributed by atoms with van der Waals surface area (Å²) in [5.74, 6) is 0.476. The van der Waals surface area contributed by atoms with Gasteiger partial charge in [0.05, 0.1) is 0 Å². The molecule has 0 saturated heterocycles. The van der Waals surface area contributed by atoms with E-state index in [1.54, 1.807) is 0 Å². The molecule has 0 aliphatic heterocycles. The first-order valence-corrected chi connectivity index (χ1v) is 7.66. The summed E-state index contributed by atoms with van der Waals surface area (Å²) in [6, 6.07) is 0. The maximum absolute atomic E-state index is 12.4. The minimum atomic E-state index is -0.975. The van der Waals surface area contributed by atoms with E-state index in [0.29, 0.717) is 24.7 Å². The van der Waals surface area contributed by atoms with Crippen molar-refractivity contribution in [3.63, 3.8) is 0 Å². The Hall–Kier alpha value is -1.06. The van der Waals surface area contributed by atoms with Crippen LogP contribution in [-0.2, 0) is 9.59 Å². The van der Waals surface area contributed by atoms with Gasteiger partial charge in [-0.15, -0.1) is 0 Å². The third kappa shape index (κ3) is 2.26. The highest BCUT2D eigenvalue weighted by Gasteiger charge is 2.47. The van der Waals surface area contributed by atoms with Crippen molar-refractivity contribution in [2.45, 2.75) is 63.3 Å². The molecule has 3 saturated carbocycles. The summed E-state index contributed by atoms with van der Waals surface area (Å²) in [5.41, 5.74) is -0.975. The smallest absolute Gasteiger partial charge is 0.329 e. The second-order valence-electron chi connectivity index (χ2n) is 6.72. The van der Waals surface area contributed by atoms with Gasteiger partial charge in [-0.25, -0.2) is 4.79 Å². The Bertz CT molecular complexity index is 387. The minimum absolute atomic E-state index is 0.0106. The fraction of sp³-hybridized carbons (Fsp3) is 0.867. The maximum atomic E-state index is 12.4. The van der Waals surface area contributed by atoms with E-state index < -0.39 is 11.5 Å². The van der Waals surface area contributed by atoms with Crippen LogP contribution in [0.25, 0.3) is 0 Å². The zero-order chi connectivity index (χ0) is 13.5. The number of amides is 1. The van der Waals surface area contributed by atoms with Gasteiger partial charge in [-0.2, -0.15) is 0 Å². The highest BCUT2D eigenvalue weighted by Crippen LogP contribution is 2.48. The Morgan fingerprint density at radius 3 is 2.32 bits per heavy atom. The van der Waals surface area contributed by atoms with Crippen molar-refractivity contribution in [3.8, 4) is 0 Å². The van der Waals surface area contributed by atoms with E-state index in [1.165, 1.54) is 12.8 Å². The van der Waals surface area contributed by atoms with E-state index in [-0.39, 0.29) is 11.8 Å². The van der Waals surface area contributed by atoms with Crippen molar-refractivity contribution in [2.24, 2.45) is 17.8 Å². The van der Waals surface area contributed by atoms with Crippen molar-refractivity contribution in [3.05, 3.63) is 0 Å². The molecule has 4 nitrogen and oxygen atoms in total. The summed E-state index contributed by atoms with van der Waals surface area (Å²) in [6.07, 6.45) is 8.65. The van der Waals surface area contributed by atoms with E-state index in [9.17, 15) is 14.7 Å². The molecular weight excluding hydrogens is 242 g/mol. The van der Waals surface area contributed by atoms with Gasteiger partial charge in [0.1, 0.15) is 5.54 Å². The van der Waals surface area contributed by atoms with Crippen molar-refractivity contribution >= 4 is 11.9 Å². The topological polar surface area (TPSA) is 66.4 Å². The lowest BCUT2D eigenvalue weighted by molar-refractivity contribution is -0.150. The molecule has 3 fully saturated rings. The highest BCUT2D eigenvalue weighted by molar-refractivity contribution is 5.88. The second-order valence-corrected chi connectivity index (χ2v) is 6.72. The molecule has 3 aliphatic carbocycles. The Balaban J connectivity index is 1.68. The first-order valence-electron chi connectivity index (χ1n) is 7.66. The van der Waals surface area contributed by atoms with Gasteiger partial charge in [0.25, 0.3) is 0 Å². The van der Waals surface area contributed by atoms with Crippen molar-refractivity contribution in [2.75, 3.05) is 0 Å². The van der Waals surface area contributed by atoms with Gasteiger partial charge >= 0.3 is 5.97 Å². The summed E-state index contributed by atoms with van der Waals surface area (Å²) in [4.78, 5) is 24.0. The van der Waals surface area contributed by atoms with Gasteiger partial charge in [0, 0.05) is 5.92 Å². The number of aliphatic carboxylic acids is 1. The van der Waals surface area contributed by atoms with Crippen LogP contribution in [0.3, 0.4) is 0 Å². The zero-order valence-corrected chi connectivity index (χ0v) is 11.4. The largest absolute Gasteiger partial charge is 0.480 e. The normalized spacial score (nSPS) is 36.1. The molecule has 3 unspecified atom stereocenters. The lowest BCUT2D eigenvalue weighted by atomic mass is 9.80. The van der Waals surface area contributed by atoms with Crippen LogP contribution in [0.5, 0.6) is 0 Å². The van der Waals surface area contributed by atoms with E-state index in [2.05, 4.69) is 5.32 Å². The van der Waals surface area contributed by atoms with Crippen molar-refractivity contribution < 1.29 is 14.7 Å². The molecule has 2 bridgehead atoms. The molecule has 0 aromatic heterocycles. The van der Waals surface area contributed by atoms with Gasteiger partial charge in [0.2, 0.25) is 5.91 Å². The van der Waals surface area contributed by atoms with Crippen molar-refractivity contribution in [1.82, 2.24) is 5.32 Å². The number of rotatable bonds is 3. The predicted octanol–water partition coefficient (Wildman–Crippen LogP) is 2.33. The summed E-state index contributed by atoms with van der Waals surface area (Å²) >= 11 is 0. The predicted molar refractivity (Wildman–Crippen MR) is 70.5 cm³/mol. The van der Waals surface area contributed by atoms with Crippen LogP contribution in [0.15, 0.2) is 0 Å². The molecule has 2 N–H and O–H groups in total. The molecule has 3 rings (SSSR count). The maximum Gasteiger partial charge on any atom is 0.329 e. The summed E-state index contributed by atoms with van der Waals surface area (Å²) in [6.45, 7) is 0. The first kappa shape index (κ1) is 12.9. The fourth-order valence-electron chi connectivity index (χ4n) is 4.44. The number of carboxylic acids is 1. The van der Waals surface area contributed by atoms with Gasteiger partial charge in [-0.1, -0.05) is 25.7 Å². The zero-order valence-electron chi connectivity index (χ0n) is 11.4. The molecule has 0 aromatic rings. The number of carbonyl (C=O) groups excluding carboxylic acids is 1. The second kappa shape index (κ2) is 4.80. The lowest BCUT2D eigenvalue weighted by Gasteiger charge is -2.35. The van der Waals surface area contributed by atoms with E-state index in [4.69, 9.17) is 0 Å². The van der Waals surface area contributed by atoms with Gasteiger partial charge < -0.3 is 10.4 Å². The first-order chi connectivity index (χ1) is 9.11. The molecule has 0 aromatic carbocycles. The van der Waals surface area contributed by atoms with Crippen LogP contribution in [0.1, 0.15) is 57.8 Å². The number of carboxylic acid groups (broad SMARTS) is 1. The van der Waals surface area contributed by atoms with Crippen LogP contribution in [0.4, 0.5) is 0 Å². The highest BCUT2D eigenvalue weighted by atomic mass is 16.4. The Morgan fingerprint density at radius 1 is 1.05 bits per heavy atom. The monoisotopic (exact) mass is 265 g/mol. The minimum Gasteiger partial charge on any atom is -0.480 e. The summed E-state index contributed by atoms with van der Waals surface area (Å²) in [5, 5.41) is 12.4. The Kier molecular flexibility index (Phi) is 3.27. The van der Waals surface area contributed by atoms with Gasteiger partial charge in [0.15, 0.2) is 0 Å². The van der Waals surface area contributed by atoms with Gasteiger partial charge in [-0.3, -0.25) is 4.79 Å². The Morgan fingerprint density at radius 2 is 1.79 bits per heavy atom. The molecule has 0 spiro atoms. The van der Waals surface area contributed by atoms with E-state index in [1.807, 2.05) is 0 Å². The molecule has 4 heteroatoms. The molecular formula is C15H23NO3. The number of hydrogen-bond acceptors (Lipinski definition) is 2. The van der Waals surface area contributed by atoms with E-state index in [0.717, 1.165) is 32.1 Å². The third-order valence-corrected chi connectivity index (χ3v) is 5.55. The number of hydrogen-bond donors (Lipinski definition) is 2.